The zero-order valence-corrected chi connectivity index (χ0v) is 9.52. The van der Waals surface area contributed by atoms with E-state index in [4.69, 9.17) is 11.6 Å². The molecule has 0 fully saturated rings. The predicted octanol–water partition coefficient (Wildman–Crippen LogP) is 2.90. The van der Waals surface area contributed by atoms with Gasteiger partial charge in [-0.15, -0.1) is 0 Å². The molecule has 1 unspecified atom stereocenters. The first kappa shape index (κ1) is 9.66. The molecule has 76 valence electrons. The van der Waals surface area contributed by atoms with Crippen molar-refractivity contribution in [3.63, 3.8) is 0 Å². The molecule has 0 saturated heterocycles. The van der Waals surface area contributed by atoms with E-state index in [2.05, 4.69) is 37.2 Å². The van der Waals surface area contributed by atoms with Crippen molar-refractivity contribution in [1.82, 2.24) is 0 Å². The van der Waals surface area contributed by atoms with E-state index < -0.39 is 0 Å². The van der Waals surface area contributed by atoms with Gasteiger partial charge in [-0.05, 0) is 31.5 Å². The number of likely N-dealkylation sites (N-methyl/N-ethyl adjacent to an activating group) is 1. The summed E-state index contributed by atoms with van der Waals surface area (Å²) in [7, 11) is 2.09. The van der Waals surface area contributed by atoms with Crippen molar-refractivity contribution in [2.45, 2.75) is 19.9 Å². The molecule has 1 aliphatic rings. The van der Waals surface area contributed by atoms with E-state index in [0.717, 1.165) is 22.9 Å². The van der Waals surface area contributed by atoms with Gasteiger partial charge in [0, 0.05) is 19.6 Å². The van der Waals surface area contributed by atoms with Crippen LogP contribution in [-0.4, -0.2) is 19.6 Å². The number of nitrogens with zero attached hydrogens (tertiary/aromatic N) is 1. The molecule has 1 aromatic carbocycles. The Labute approximate surface area is 89.9 Å². The maximum absolute atomic E-state index is 6.23. The Balaban J connectivity index is 2.54. The van der Waals surface area contributed by atoms with Crippen LogP contribution in [0.25, 0.3) is 0 Å². The Kier molecular flexibility index (Phi) is 2.31. The van der Waals surface area contributed by atoms with Crippen LogP contribution in [0, 0.1) is 6.92 Å². The minimum atomic E-state index is 0.489. The summed E-state index contributed by atoms with van der Waals surface area (Å²) in [5, 5.41) is 4.23. The summed E-state index contributed by atoms with van der Waals surface area (Å²) in [4.78, 5) is 2.23. The lowest BCUT2D eigenvalue weighted by molar-refractivity contribution is 0.699. The number of aryl methyl sites for hydroxylation is 1. The van der Waals surface area contributed by atoms with E-state index in [1.54, 1.807) is 0 Å². The van der Waals surface area contributed by atoms with Crippen LogP contribution in [0.1, 0.15) is 12.5 Å². The molecule has 1 aromatic rings. The fraction of sp³-hybridized carbons (Fsp3) is 0.455. The maximum Gasteiger partial charge on any atom is 0.0791 e. The molecule has 0 spiro atoms. The molecule has 0 aliphatic carbocycles. The molecule has 14 heavy (non-hydrogen) atoms. The first-order valence-electron chi connectivity index (χ1n) is 4.86. The molecule has 0 bridgehead atoms. The van der Waals surface area contributed by atoms with Crippen LogP contribution < -0.4 is 10.2 Å². The minimum Gasteiger partial charge on any atom is -0.381 e. The number of fused-ring (bicyclic) bond motifs is 1. The molecule has 0 radical (unpaired) electrons. The van der Waals surface area contributed by atoms with Gasteiger partial charge in [0.2, 0.25) is 0 Å². The maximum atomic E-state index is 6.23. The molecule has 0 amide bonds. The van der Waals surface area contributed by atoms with Crippen LogP contribution in [0.2, 0.25) is 5.02 Å². The number of halogens is 1. The van der Waals surface area contributed by atoms with Crippen molar-refractivity contribution in [2.24, 2.45) is 0 Å². The Morgan fingerprint density at radius 3 is 2.93 bits per heavy atom. The third-order valence-electron chi connectivity index (χ3n) is 2.81. The second-order valence-electron chi connectivity index (χ2n) is 3.98. The van der Waals surface area contributed by atoms with Gasteiger partial charge in [-0.2, -0.15) is 0 Å². The Bertz CT molecular complexity index is 363. The van der Waals surface area contributed by atoms with Crippen molar-refractivity contribution in [3.05, 3.63) is 22.7 Å². The highest BCUT2D eigenvalue weighted by molar-refractivity contribution is 6.34. The lowest BCUT2D eigenvalue weighted by Crippen LogP contribution is -2.39. The molecule has 1 atom stereocenters. The van der Waals surface area contributed by atoms with Gasteiger partial charge in [-0.3, -0.25) is 0 Å². The summed E-state index contributed by atoms with van der Waals surface area (Å²) in [6, 6.07) is 4.64. The van der Waals surface area contributed by atoms with Gasteiger partial charge >= 0.3 is 0 Å². The van der Waals surface area contributed by atoms with E-state index in [1.165, 1.54) is 5.56 Å². The second-order valence-corrected chi connectivity index (χ2v) is 4.39. The first-order chi connectivity index (χ1) is 6.59. The quantitative estimate of drug-likeness (QED) is 0.709. The van der Waals surface area contributed by atoms with Crippen LogP contribution in [0.4, 0.5) is 11.4 Å². The molecule has 0 aromatic heterocycles. The number of hydrogen-bond donors (Lipinski definition) is 1. The summed E-state index contributed by atoms with van der Waals surface area (Å²) in [6.45, 7) is 5.22. The number of rotatable bonds is 0. The van der Waals surface area contributed by atoms with Gasteiger partial charge < -0.3 is 10.2 Å². The van der Waals surface area contributed by atoms with Crippen LogP contribution in [-0.2, 0) is 0 Å². The number of benzene rings is 1. The largest absolute Gasteiger partial charge is 0.381 e. The molecule has 0 saturated carbocycles. The standard InChI is InChI=1S/C11H15ClN2/c1-7-4-9(12)11-10(5-7)13-6-8(2)14(11)3/h4-5,8,13H,6H2,1-3H3. The SMILES string of the molecule is Cc1cc(Cl)c2c(c1)NCC(C)N2C. The Morgan fingerprint density at radius 1 is 1.50 bits per heavy atom. The van der Waals surface area contributed by atoms with Crippen LogP contribution in [0.15, 0.2) is 12.1 Å². The van der Waals surface area contributed by atoms with Crippen molar-refractivity contribution in [2.75, 3.05) is 23.8 Å². The van der Waals surface area contributed by atoms with E-state index in [0.29, 0.717) is 6.04 Å². The van der Waals surface area contributed by atoms with Crippen molar-refractivity contribution in [3.8, 4) is 0 Å². The second kappa shape index (κ2) is 3.35. The number of hydrogen-bond acceptors (Lipinski definition) is 2. The monoisotopic (exact) mass is 210 g/mol. The van der Waals surface area contributed by atoms with E-state index in [9.17, 15) is 0 Å². The number of anilines is 2. The number of nitrogens with one attached hydrogen (secondary N) is 1. The first-order valence-corrected chi connectivity index (χ1v) is 5.24. The molecule has 2 rings (SSSR count). The zero-order valence-electron chi connectivity index (χ0n) is 8.76. The van der Waals surface area contributed by atoms with Gasteiger partial charge in [-0.25, -0.2) is 0 Å². The normalized spacial score (nSPS) is 20.3. The fourth-order valence-electron chi connectivity index (χ4n) is 1.84. The summed E-state index contributed by atoms with van der Waals surface area (Å²) < 4.78 is 0. The third kappa shape index (κ3) is 1.44. The van der Waals surface area contributed by atoms with Crippen LogP contribution >= 0.6 is 11.6 Å². The van der Waals surface area contributed by atoms with Gasteiger partial charge in [0.05, 0.1) is 16.4 Å². The summed E-state index contributed by atoms with van der Waals surface area (Å²) in [6.07, 6.45) is 0. The van der Waals surface area contributed by atoms with Gasteiger partial charge in [0.1, 0.15) is 0 Å². The smallest absolute Gasteiger partial charge is 0.0791 e. The molecular weight excluding hydrogens is 196 g/mol. The van der Waals surface area contributed by atoms with Gasteiger partial charge in [0.25, 0.3) is 0 Å². The summed E-state index contributed by atoms with van der Waals surface area (Å²) in [5.41, 5.74) is 3.47. The van der Waals surface area contributed by atoms with Crippen molar-refractivity contribution < 1.29 is 0 Å². The minimum absolute atomic E-state index is 0.489. The fourth-order valence-corrected chi connectivity index (χ4v) is 2.25. The molecule has 1 aliphatic heterocycles. The lowest BCUT2D eigenvalue weighted by atomic mass is 10.1. The van der Waals surface area contributed by atoms with E-state index in [1.807, 2.05) is 6.07 Å². The summed E-state index contributed by atoms with van der Waals surface area (Å²) >= 11 is 6.23. The molecule has 3 heteroatoms. The average Bonchev–Trinajstić information content (AvgIpc) is 2.10. The van der Waals surface area contributed by atoms with Gasteiger partial charge in [-0.1, -0.05) is 11.6 Å². The third-order valence-corrected chi connectivity index (χ3v) is 3.10. The average molecular weight is 211 g/mol. The van der Waals surface area contributed by atoms with Crippen molar-refractivity contribution >= 4 is 23.0 Å². The van der Waals surface area contributed by atoms with E-state index in [-0.39, 0.29) is 0 Å². The zero-order chi connectivity index (χ0) is 10.3. The molecule has 1 heterocycles. The van der Waals surface area contributed by atoms with Gasteiger partial charge in [0.15, 0.2) is 0 Å². The predicted molar refractivity (Wildman–Crippen MR) is 62.5 cm³/mol. The van der Waals surface area contributed by atoms with Crippen LogP contribution in [0.5, 0.6) is 0 Å². The van der Waals surface area contributed by atoms with Crippen LogP contribution in [0.3, 0.4) is 0 Å². The summed E-state index contributed by atoms with van der Waals surface area (Å²) in [5.74, 6) is 0. The highest BCUT2D eigenvalue weighted by atomic mass is 35.5. The van der Waals surface area contributed by atoms with E-state index >= 15 is 0 Å². The highest BCUT2D eigenvalue weighted by Crippen LogP contribution is 2.37. The lowest BCUT2D eigenvalue weighted by Gasteiger charge is -2.35. The van der Waals surface area contributed by atoms with Crippen molar-refractivity contribution in [1.29, 1.82) is 0 Å². The molecule has 1 N–H and O–H groups in total. The topological polar surface area (TPSA) is 15.3 Å². The highest BCUT2D eigenvalue weighted by Gasteiger charge is 2.21. The molecular formula is C11H15ClN2. The molecule has 2 nitrogen and oxygen atoms in total. The Morgan fingerprint density at radius 2 is 2.21 bits per heavy atom. The Hall–Kier alpha value is -0.890.